The number of ether oxygens (including phenoxy) is 2. The second-order valence-electron chi connectivity index (χ2n) is 5.49. The predicted molar refractivity (Wildman–Crippen MR) is 78.2 cm³/mol. The smallest absolute Gasteiger partial charge is 0.406 e. The SMILES string of the molecule is COCC1(C(=O)Nc2cccc(OC(F)(F)F)c2)CCNCC1. The lowest BCUT2D eigenvalue weighted by molar-refractivity contribution is -0.274. The van der Waals surface area contributed by atoms with E-state index in [0.29, 0.717) is 25.9 Å². The minimum Gasteiger partial charge on any atom is -0.406 e. The Bertz CT molecular complexity index is 538. The average molecular weight is 332 g/mol. The molecule has 0 unspecified atom stereocenters. The van der Waals surface area contributed by atoms with Crippen molar-refractivity contribution in [3.05, 3.63) is 24.3 Å². The van der Waals surface area contributed by atoms with E-state index in [1.165, 1.54) is 25.3 Å². The Balaban J connectivity index is 2.10. The summed E-state index contributed by atoms with van der Waals surface area (Å²) < 4.78 is 45.8. The van der Waals surface area contributed by atoms with Crippen LogP contribution in [0.15, 0.2) is 24.3 Å². The lowest BCUT2D eigenvalue weighted by atomic mass is 9.78. The number of carbonyl (C=O) groups is 1. The molecule has 8 heteroatoms. The van der Waals surface area contributed by atoms with Gasteiger partial charge in [-0.2, -0.15) is 0 Å². The Kier molecular flexibility index (Phi) is 5.48. The van der Waals surface area contributed by atoms with Gasteiger partial charge in [-0.05, 0) is 38.1 Å². The Morgan fingerprint density at radius 2 is 2.04 bits per heavy atom. The largest absolute Gasteiger partial charge is 0.573 e. The molecular weight excluding hydrogens is 313 g/mol. The maximum atomic E-state index is 12.6. The van der Waals surface area contributed by atoms with E-state index in [9.17, 15) is 18.0 Å². The summed E-state index contributed by atoms with van der Waals surface area (Å²) >= 11 is 0. The van der Waals surface area contributed by atoms with Gasteiger partial charge in [0.2, 0.25) is 5.91 Å². The maximum absolute atomic E-state index is 12.6. The number of nitrogens with one attached hydrogen (secondary N) is 2. The number of benzene rings is 1. The van der Waals surface area contributed by atoms with Crippen LogP contribution in [0.5, 0.6) is 5.75 Å². The van der Waals surface area contributed by atoms with Crippen LogP contribution >= 0.6 is 0 Å². The fraction of sp³-hybridized carbons (Fsp3) is 0.533. The number of carbonyl (C=O) groups excluding carboxylic acids is 1. The fourth-order valence-corrected chi connectivity index (χ4v) is 2.65. The van der Waals surface area contributed by atoms with Gasteiger partial charge in [-0.25, -0.2) is 0 Å². The van der Waals surface area contributed by atoms with Crippen LogP contribution in [0.3, 0.4) is 0 Å². The molecule has 1 aromatic rings. The van der Waals surface area contributed by atoms with Gasteiger partial charge in [-0.3, -0.25) is 4.79 Å². The highest BCUT2D eigenvalue weighted by Crippen LogP contribution is 2.32. The minimum atomic E-state index is -4.77. The van der Waals surface area contributed by atoms with Gasteiger partial charge in [0, 0.05) is 18.9 Å². The zero-order chi connectivity index (χ0) is 16.9. The zero-order valence-corrected chi connectivity index (χ0v) is 12.7. The summed E-state index contributed by atoms with van der Waals surface area (Å²) in [5.74, 6) is -0.633. The van der Waals surface area contributed by atoms with Crippen molar-refractivity contribution < 1.29 is 27.4 Å². The van der Waals surface area contributed by atoms with Crippen molar-refractivity contribution in [2.24, 2.45) is 5.41 Å². The number of methoxy groups -OCH3 is 1. The zero-order valence-electron chi connectivity index (χ0n) is 12.7. The van der Waals surface area contributed by atoms with Crippen molar-refractivity contribution in [3.8, 4) is 5.75 Å². The number of anilines is 1. The minimum absolute atomic E-state index is 0.255. The number of alkyl halides is 3. The quantitative estimate of drug-likeness (QED) is 0.870. The van der Waals surface area contributed by atoms with E-state index in [2.05, 4.69) is 15.4 Å². The van der Waals surface area contributed by atoms with Crippen LogP contribution in [-0.4, -0.2) is 39.1 Å². The second-order valence-corrected chi connectivity index (χ2v) is 5.49. The van der Waals surface area contributed by atoms with Crippen molar-refractivity contribution in [2.75, 3.05) is 32.1 Å². The van der Waals surface area contributed by atoms with Crippen LogP contribution in [0.1, 0.15) is 12.8 Å². The Labute approximate surface area is 132 Å². The van der Waals surface area contributed by atoms with Crippen LogP contribution in [-0.2, 0) is 9.53 Å². The number of halogens is 3. The van der Waals surface area contributed by atoms with Crippen LogP contribution < -0.4 is 15.4 Å². The third-order valence-corrected chi connectivity index (χ3v) is 3.79. The Morgan fingerprint density at radius 3 is 2.65 bits per heavy atom. The molecule has 128 valence electrons. The van der Waals surface area contributed by atoms with E-state index < -0.39 is 11.8 Å². The Hall–Kier alpha value is -1.80. The lowest BCUT2D eigenvalue weighted by Gasteiger charge is -2.35. The fourth-order valence-electron chi connectivity index (χ4n) is 2.65. The highest BCUT2D eigenvalue weighted by molar-refractivity contribution is 5.95. The molecular formula is C15H19F3N2O3. The van der Waals surface area contributed by atoms with E-state index in [0.717, 1.165) is 6.07 Å². The first kappa shape index (κ1) is 17.6. The van der Waals surface area contributed by atoms with E-state index >= 15 is 0 Å². The number of hydrogen-bond acceptors (Lipinski definition) is 4. The van der Waals surface area contributed by atoms with Crippen LogP contribution in [0.2, 0.25) is 0 Å². The summed E-state index contributed by atoms with van der Waals surface area (Å²) in [5, 5.41) is 5.84. The molecule has 1 heterocycles. The number of hydrogen-bond donors (Lipinski definition) is 2. The molecule has 0 aromatic heterocycles. The molecule has 1 aliphatic rings. The summed E-state index contributed by atoms with van der Waals surface area (Å²) in [5.41, 5.74) is -0.424. The molecule has 23 heavy (non-hydrogen) atoms. The van der Waals surface area contributed by atoms with Crippen molar-refractivity contribution in [2.45, 2.75) is 19.2 Å². The average Bonchev–Trinajstić information content (AvgIpc) is 2.47. The van der Waals surface area contributed by atoms with Gasteiger partial charge in [0.25, 0.3) is 0 Å². The van der Waals surface area contributed by atoms with E-state index in [4.69, 9.17) is 4.74 Å². The molecule has 1 fully saturated rings. The molecule has 0 spiro atoms. The third kappa shape index (κ3) is 4.84. The first-order valence-corrected chi connectivity index (χ1v) is 7.22. The van der Waals surface area contributed by atoms with Gasteiger partial charge in [-0.1, -0.05) is 6.07 Å². The normalized spacial score (nSPS) is 17.6. The molecule has 1 saturated heterocycles. The van der Waals surface area contributed by atoms with Crippen molar-refractivity contribution >= 4 is 11.6 Å². The number of piperidine rings is 1. The molecule has 0 aliphatic carbocycles. The number of amides is 1. The van der Waals surface area contributed by atoms with Crippen molar-refractivity contribution in [3.63, 3.8) is 0 Å². The summed E-state index contributed by atoms with van der Waals surface area (Å²) in [6.07, 6.45) is -3.56. The summed E-state index contributed by atoms with van der Waals surface area (Å²) in [7, 11) is 1.52. The first-order chi connectivity index (χ1) is 10.8. The standard InChI is InChI=1S/C15H19F3N2O3/c1-22-10-14(5-7-19-8-6-14)13(21)20-11-3-2-4-12(9-11)23-15(16,17)18/h2-4,9,19H,5-8,10H2,1H3,(H,20,21). The van der Waals surface area contributed by atoms with Crippen LogP contribution in [0.4, 0.5) is 18.9 Å². The first-order valence-electron chi connectivity index (χ1n) is 7.22. The van der Waals surface area contributed by atoms with Gasteiger partial charge >= 0.3 is 6.36 Å². The predicted octanol–water partition coefficient (Wildman–Crippen LogP) is 2.54. The summed E-state index contributed by atoms with van der Waals surface area (Å²) in [6, 6.07) is 5.23. The van der Waals surface area contributed by atoms with E-state index in [-0.39, 0.29) is 24.0 Å². The van der Waals surface area contributed by atoms with Gasteiger partial charge in [0.1, 0.15) is 5.75 Å². The number of rotatable bonds is 5. The van der Waals surface area contributed by atoms with E-state index in [1.807, 2.05) is 0 Å². The lowest BCUT2D eigenvalue weighted by Crippen LogP contribution is -2.47. The van der Waals surface area contributed by atoms with Crippen LogP contribution in [0.25, 0.3) is 0 Å². The van der Waals surface area contributed by atoms with Crippen LogP contribution in [0, 0.1) is 5.41 Å². The molecule has 1 amide bonds. The molecule has 5 nitrogen and oxygen atoms in total. The molecule has 2 rings (SSSR count). The van der Waals surface area contributed by atoms with Crippen molar-refractivity contribution in [1.29, 1.82) is 0 Å². The molecule has 0 saturated carbocycles. The van der Waals surface area contributed by atoms with Gasteiger partial charge in [-0.15, -0.1) is 13.2 Å². The maximum Gasteiger partial charge on any atom is 0.573 e. The molecule has 0 atom stereocenters. The monoisotopic (exact) mass is 332 g/mol. The van der Waals surface area contributed by atoms with Gasteiger partial charge in [0.05, 0.1) is 12.0 Å². The highest BCUT2D eigenvalue weighted by atomic mass is 19.4. The molecule has 2 N–H and O–H groups in total. The van der Waals surface area contributed by atoms with Gasteiger partial charge < -0.3 is 20.1 Å². The Morgan fingerprint density at radius 1 is 1.35 bits per heavy atom. The summed E-state index contributed by atoms with van der Waals surface area (Å²) in [6.45, 7) is 1.64. The van der Waals surface area contributed by atoms with Crippen molar-refractivity contribution in [1.82, 2.24) is 5.32 Å². The third-order valence-electron chi connectivity index (χ3n) is 3.79. The molecule has 0 radical (unpaired) electrons. The molecule has 1 aromatic carbocycles. The topological polar surface area (TPSA) is 59.6 Å². The molecule has 0 bridgehead atoms. The summed E-state index contributed by atoms with van der Waals surface area (Å²) in [4.78, 5) is 12.6. The van der Waals surface area contributed by atoms with E-state index in [1.54, 1.807) is 0 Å². The molecule has 1 aliphatic heterocycles. The van der Waals surface area contributed by atoms with Gasteiger partial charge in [0.15, 0.2) is 0 Å². The second kappa shape index (κ2) is 7.18. The highest BCUT2D eigenvalue weighted by Gasteiger charge is 2.39.